The van der Waals surface area contributed by atoms with Gasteiger partial charge in [0, 0.05) is 30.7 Å². The Morgan fingerprint density at radius 3 is 2.50 bits per heavy atom. The van der Waals surface area contributed by atoms with Gasteiger partial charge in [0.15, 0.2) is 0 Å². The lowest BCUT2D eigenvalue weighted by Gasteiger charge is -2.55. The summed E-state index contributed by atoms with van der Waals surface area (Å²) in [6, 6.07) is 11.1. The van der Waals surface area contributed by atoms with Crippen molar-refractivity contribution in [3.05, 3.63) is 35.9 Å². The zero-order valence-corrected chi connectivity index (χ0v) is 14.0. The van der Waals surface area contributed by atoms with Crippen molar-refractivity contribution >= 4 is 0 Å². The van der Waals surface area contributed by atoms with Crippen molar-refractivity contribution in [2.45, 2.75) is 69.5 Å². The molecular weight excluding hydrogens is 268 g/mol. The van der Waals surface area contributed by atoms with Crippen LogP contribution in [0.4, 0.5) is 0 Å². The van der Waals surface area contributed by atoms with Crippen LogP contribution in [0.1, 0.15) is 57.4 Å². The first-order valence-corrected chi connectivity index (χ1v) is 9.24. The molecule has 2 nitrogen and oxygen atoms in total. The third-order valence-corrected chi connectivity index (χ3v) is 6.52. The first-order chi connectivity index (χ1) is 10.7. The van der Waals surface area contributed by atoms with Crippen molar-refractivity contribution < 1.29 is 0 Å². The Morgan fingerprint density at radius 2 is 1.82 bits per heavy atom. The van der Waals surface area contributed by atoms with E-state index in [0.717, 1.165) is 12.5 Å². The molecule has 1 aromatic rings. The lowest BCUT2D eigenvalue weighted by Crippen LogP contribution is -2.69. The Labute approximate surface area is 135 Å². The van der Waals surface area contributed by atoms with Crippen LogP contribution in [-0.4, -0.2) is 29.1 Å². The molecule has 120 valence electrons. The first kappa shape index (κ1) is 14.7. The van der Waals surface area contributed by atoms with Crippen LogP contribution in [0.2, 0.25) is 0 Å². The molecule has 4 rings (SSSR count). The summed E-state index contributed by atoms with van der Waals surface area (Å²) in [5.74, 6) is 0.907. The first-order valence-electron chi connectivity index (χ1n) is 9.24. The quantitative estimate of drug-likeness (QED) is 0.908. The Bertz CT molecular complexity index is 502. The molecule has 3 fully saturated rings. The minimum atomic E-state index is 0.360. The Balaban J connectivity index is 1.57. The fourth-order valence-corrected chi connectivity index (χ4v) is 4.79. The van der Waals surface area contributed by atoms with E-state index in [9.17, 15) is 0 Å². The Kier molecular flexibility index (Phi) is 3.78. The van der Waals surface area contributed by atoms with Crippen molar-refractivity contribution in [1.82, 2.24) is 10.2 Å². The molecular formula is C20H30N2. The van der Waals surface area contributed by atoms with E-state index in [1.165, 1.54) is 63.6 Å². The predicted octanol–water partition coefficient (Wildman–Crippen LogP) is 3.96. The smallest absolute Gasteiger partial charge is 0.0338 e. The van der Waals surface area contributed by atoms with E-state index >= 15 is 0 Å². The van der Waals surface area contributed by atoms with Crippen molar-refractivity contribution in [2.75, 3.05) is 13.1 Å². The average molecular weight is 298 g/mol. The fourth-order valence-electron chi connectivity index (χ4n) is 4.79. The van der Waals surface area contributed by atoms with E-state index < -0.39 is 0 Å². The molecule has 2 saturated carbocycles. The van der Waals surface area contributed by atoms with Gasteiger partial charge >= 0.3 is 0 Å². The fraction of sp³-hybridized carbons (Fsp3) is 0.700. The van der Waals surface area contributed by atoms with Crippen LogP contribution in [0.15, 0.2) is 30.3 Å². The van der Waals surface area contributed by atoms with Gasteiger partial charge in [-0.2, -0.15) is 0 Å². The monoisotopic (exact) mass is 298 g/mol. The van der Waals surface area contributed by atoms with Gasteiger partial charge in [-0.15, -0.1) is 0 Å². The number of hydrogen-bond acceptors (Lipinski definition) is 2. The summed E-state index contributed by atoms with van der Waals surface area (Å²) in [6.45, 7) is 6.06. The van der Waals surface area contributed by atoms with Gasteiger partial charge in [0.25, 0.3) is 0 Å². The van der Waals surface area contributed by atoms with Gasteiger partial charge in [0.2, 0.25) is 0 Å². The summed E-state index contributed by atoms with van der Waals surface area (Å²) < 4.78 is 0. The van der Waals surface area contributed by atoms with E-state index in [2.05, 4.69) is 47.5 Å². The number of rotatable bonds is 3. The van der Waals surface area contributed by atoms with Crippen LogP contribution in [0.5, 0.6) is 0 Å². The van der Waals surface area contributed by atoms with Gasteiger partial charge in [-0.25, -0.2) is 0 Å². The highest BCUT2D eigenvalue weighted by molar-refractivity contribution is 5.17. The van der Waals surface area contributed by atoms with Crippen LogP contribution >= 0.6 is 0 Å². The molecule has 0 amide bonds. The molecule has 0 radical (unpaired) electrons. The average Bonchev–Trinajstić information content (AvgIpc) is 3.39. The number of piperazine rings is 1. The van der Waals surface area contributed by atoms with Gasteiger partial charge in [0.1, 0.15) is 0 Å². The van der Waals surface area contributed by atoms with E-state index in [1.54, 1.807) is 0 Å². The van der Waals surface area contributed by atoms with Crippen molar-refractivity contribution in [2.24, 2.45) is 5.92 Å². The summed E-state index contributed by atoms with van der Waals surface area (Å²) in [5.41, 5.74) is 2.24. The van der Waals surface area contributed by atoms with Crippen LogP contribution in [0.25, 0.3) is 0 Å². The molecule has 2 aliphatic carbocycles. The van der Waals surface area contributed by atoms with Crippen LogP contribution in [-0.2, 0) is 6.54 Å². The van der Waals surface area contributed by atoms with Gasteiger partial charge in [-0.1, -0.05) is 49.6 Å². The Morgan fingerprint density at radius 1 is 1.09 bits per heavy atom. The van der Waals surface area contributed by atoms with Gasteiger partial charge < -0.3 is 5.32 Å². The summed E-state index contributed by atoms with van der Waals surface area (Å²) >= 11 is 0. The second kappa shape index (κ2) is 5.65. The van der Waals surface area contributed by atoms with Gasteiger partial charge in [0.05, 0.1) is 0 Å². The SMILES string of the molecule is CC1(C2CC2)CNC2(CCCCC2)CN1Cc1ccccc1. The summed E-state index contributed by atoms with van der Waals surface area (Å²) in [7, 11) is 0. The zero-order valence-electron chi connectivity index (χ0n) is 14.0. The molecule has 3 aliphatic rings. The second-order valence-corrected chi connectivity index (χ2v) is 8.17. The molecule has 2 heteroatoms. The van der Waals surface area contributed by atoms with E-state index in [4.69, 9.17) is 0 Å². The third kappa shape index (κ3) is 2.72. The number of hydrogen-bond donors (Lipinski definition) is 1. The lowest BCUT2D eigenvalue weighted by atomic mass is 9.76. The highest BCUT2D eigenvalue weighted by Gasteiger charge is 2.51. The summed E-state index contributed by atoms with van der Waals surface area (Å²) in [6.07, 6.45) is 9.85. The largest absolute Gasteiger partial charge is 0.308 e. The molecule has 1 heterocycles. The highest BCUT2D eigenvalue weighted by Crippen LogP contribution is 2.46. The molecule has 22 heavy (non-hydrogen) atoms. The Hall–Kier alpha value is -0.860. The van der Waals surface area contributed by atoms with Crippen LogP contribution in [0, 0.1) is 5.92 Å². The van der Waals surface area contributed by atoms with Crippen LogP contribution < -0.4 is 5.32 Å². The molecule has 1 aromatic carbocycles. The summed E-state index contributed by atoms with van der Waals surface area (Å²) in [5, 5.41) is 4.02. The number of nitrogens with zero attached hydrogens (tertiary/aromatic N) is 1. The molecule has 1 saturated heterocycles. The third-order valence-electron chi connectivity index (χ3n) is 6.52. The second-order valence-electron chi connectivity index (χ2n) is 8.17. The van der Waals surface area contributed by atoms with E-state index in [0.29, 0.717) is 11.1 Å². The molecule has 1 atom stereocenters. The van der Waals surface area contributed by atoms with Crippen molar-refractivity contribution in [1.29, 1.82) is 0 Å². The number of benzene rings is 1. The highest BCUT2D eigenvalue weighted by atomic mass is 15.3. The normalized spacial score (nSPS) is 32.2. The summed E-state index contributed by atoms with van der Waals surface area (Å²) in [4.78, 5) is 2.84. The van der Waals surface area contributed by atoms with Crippen LogP contribution in [0.3, 0.4) is 0 Å². The standard InChI is InChI=1S/C20H30N2/c1-19(18-10-11-18)15-21-20(12-6-3-7-13-20)16-22(19)14-17-8-4-2-5-9-17/h2,4-5,8-9,18,21H,3,6-7,10-16H2,1H3. The molecule has 1 N–H and O–H groups in total. The molecule has 0 aromatic heterocycles. The maximum Gasteiger partial charge on any atom is 0.0338 e. The topological polar surface area (TPSA) is 15.3 Å². The zero-order chi connectivity index (χ0) is 15.0. The maximum atomic E-state index is 4.02. The minimum Gasteiger partial charge on any atom is -0.308 e. The van der Waals surface area contributed by atoms with Gasteiger partial charge in [-0.05, 0) is 44.1 Å². The predicted molar refractivity (Wildman–Crippen MR) is 91.8 cm³/mol. The number of nitrogens with one attached hydrogen (secondary N) is 1. The molecule has 0 bridgehead atoms. The van der Waals surface area contributed by atoms with Gasteiger partial charge in [-0.3, -0.25) is 4.90 Å². The van der Waals surface area contributed by atoms with Crippen molar-refractivity contribution in [3.63, 3.8) is 0 Å². The lowest BCUT2D eigenvalue weighted by molar-refractivity contribution is -0.0177. The van der Waals surface area contributed by atoms with E-state index in [-0.39, 0.29) is 0 Å². The van der Waals surface area contributed by atoms with E-state index in [1.807, 2.05) is 0 Å². The molecule has 1 unspecified atom stereocenters. The minimum absolute atomic E-state index is 0.360. The van der Waals surface area contributed by atoms with Crippen molar-refractivity contribution in [3.8, 4) is 0 Å². The maximum absolute atomic E-state index is 4.02. The molecule has 1 spiro atoms. The molecule has 1 aliphatic heterocycles.